The van der Waals surface area contributed by atoms with Crippen molar-refractivity contribution in [2.75, 3.05) is 0 Å². The third-order valence-electron chi connectivity index (χ3n) is 3.81. The number of carbonyl (C=O) groups excluding carboxylic acids is 4. The van der Waals surface area contributed by atoms with Gasteiger partial charge in [0.25, 0.3) is 23.6 Å². The van der Waals surface area contributed by atoms with Crippen molar-refractivity contribution in [1.29, 1.82) is 0 Å². The first kappa shape index (κ1) is 22.0. The lowest BCUT2D eigenvalue weighted by atomic mass is 9.97. The Labute approximate surface area is 170 Å². The van der Waals surface area contributed by atoms with Crippen LogP contribution >= 0.6 is 0 Å². The van der Waals surface area contributed by atoms with E-state index < -0.39 is 23.6 Å². The largest absolute Gasteiger partial charge is 0.288 e. The number of nitrogens with one attached hydrogen (secondary N) is 2. The molecule has 2 heterocycles. The Hall–Kier alpha value is -3.28. The van der Waals surface area contributed by atoms with Crippen molar-refractivity contribution in [2.24, 2.45) is 5.92 Å². The molecule has 6 nitrogen and oxygen atoms in total. The molecule has 4 amide bonds. The lowest BCUT2D eigenvalue weighted by Crippen LogP contribution is -2.19. The van der Waals surface area contributed by atoms with E-state index in [2.05, 4.69) is 45.3 Å². The zero-order chi connectivity index (χ0) is 21.7. The van der Waals surface area contributed by atoms with Crippen molar-refractivity contribution in [3.05, 3.63) is 58.7 Å². The van der Waals surface area contributed by atoms with E-state index in [4.69, 9.17) is 0 Å². The van der Waals surface area contributed by atoms with E-state index in [1.807, 2.05) is 0 Å². The average molecular weight is 394 g/mol. The number of hydrogen-bond acceptors (Lipinski definition) is 4. The van der Waals surface area contributed by atoms with Crippen molar-refractivity contribution in [3.8, 4) is 11.1 Å². The van der Waals surface area contributed by atoms with Gasteiger partial charge in [-0.2, -0.15) is 0 Å². The molecule has 0 bridgehead atoms. The van der Waals surface area contributed by atoms with Gasteiger partial charge in [-0.1, -0.05) is 53.2 Å². The van der Waals surface area contributed by atoms with Gasteiger partial charge in [0, 0.05) is 0 Å². The maximum Gasteiger partial charge on any atom is 0.258 e. The second kappa shape index (κ2) is 9.28. The fourth-order valence-electron chi connectivity index (χ4n) is 2.69. The van der Waals surface area contributed by atoms with Gasteiger partial charge in [0.05, 0.1) is 22.3 Å². The standard InChI is InChI=1S/C16H8N2O4.C4H10.C3H8/c19-13-9-3-1-7(5-11(9)15(21)17-13)8-2-4-10-12(6-8)16(22)18-14(10)20;1-4(2)3;1-3-2/h1-6H,(H,17,19,21)(H,18,20,22);4H,1-3H3;3H2,1-2H3. The molecule has 0 spiro atoms. The third kappa shape index (κ3) is 4.96. The number of fused-ring (bicyclic) bond motifs is 2. The molecule has 2 aliphatic heterocycles. The molecule has 0 saturated carbocycles. The maximum absolute atomic E-state index is 11.7. The van der Waals surface area contributed by atoms with Crippen LogP contribution in [-0.2, 0) is 0 Å². The third-order valence-corrected chi connectivity index (χ3v) is 3.81. The summed E-state index contributed by atoms with van der Waals surface area (Å²) in [6.45, 7) is 10.8. The molecule has 6 heteroatoms. The number of imide groups is 2. The van der Waals surface area contributed by atoms with Gasteiger partial charge in [0.15, 0.2) is 0 Å². The van der Waals surface area contributed by atoms with Crippen LogP contribution in [0.1, 0.15) is 82.5 Å². The molecule has 0 aliphatic carbocycles. The van der Waals surface area contributed by atoms with Gasteiger partial charge < -0.3 is 0 Å². The summed E-state index contributed by atoms with van der Waals surface area (Å²) in [6, 6.07) is 9.76. The maximum atomic E-state index is 11.7. The van der Waals surface area contributed by atoms with Crippen molar-refractivity contribution in [1.82, 2.24) is 10.6 Å². The summed E-state index contributed by atoms with van der Waals surface area (Å²) in [5, 5.41) is 4.46. The monoisotopic (exact) mass is 394 g/mol. The van der Waals surface area contributed by atoms with Crippen LogP contribution < -0.4 is 10.6 Å². The Morgan fingerprint density at radius 2 is 0.897 bits per heavy atom. The Morgan fingerprint density at radius 3 is 1.21 bits per heavy atom. The molecular formula is C23H26N2O4. The zero-order valence-electron chi connectivity index (χ0n) is 17.4. The highest BCUT2D eigenvalue weighted by molar-refractivity contribution is 6.23. The van der Waals surface area contributed by atoms with Gasteiger partial charge in [0.1, 0.15) is 0 Å². The van der Waals surface area contributed by atoms with Gasteiger partial charge in [-0.3, -0.25) is 29.8 Å². The van der Waals surface area contributed by atoms with Gasteiger partial charge in [-0.25, -0.2) is 0 Å². The fraction of sp³-hybridized carbons (Fsp3) is 0.304. The minimum absolute atomic E-state index is 0.309. The highest BCUT2D eigenvalue weighted by atomic mass is 16.2. The first-order valence-corrected chi connectivity index (χ1v) is 9.69. The van der Waals surface area contributed by atoms with E-state index >= 15 is 0 Å². The average Bonchev–Trinajstić information content (AvgIpc) is 3.10. The van der Waals surface area contributed by atoms with Gasteiger partial charge in [-0.05, 0) is 41.3 Å². The van der Waals surface area contributed by atoms with Crippen LogP contribution in [-0.4, -0.2) is 23.6 Å². The lowest BCUT2D eigenvalue weighted by Gasteiger charge is -2.05. The van der Waals surface area contributed by atoms with Crippen molar-refractivity contribution in [2.45, 2.75) is 41.0 Å². The van der Waals surface area contributed by atoms with Crippen molar-refractivity contribution in [3.63, 3.8) is 0 Å². The number of benzene rings is 2. The summed E-state index contributed by atoms with van der Waals surface area (Å²) in [5.74, 6) is -0.859. The first-order valence-electron chi connectivity index (χ1n) is 9.69. The zero-order valence-corrected chi connectivity index (χ0v) is 17.4. The minimum atomic E-state index is -0.434. The topological polar surface area (TPSA) is 92.3 Å². The molecule has 152 valence electrons. The minimum Gasteiger partial charge on any atom is -0.288 e. The second-order valence-electron chi connectivity index (χ2n) is 7.53. The number of carbonyl (C=O) groups is 4. The summed E-state index contributed by atoms with van der Waals surface area (Å²) in [5.41, 5.74) is 2.68. The van der Waals surface area contributed by atoms with Crippen LogP contribution in [0, 0.1) is 5.92 Å². The molecule has 2 aliphatic rings. The summed E-state index contributed by atoms with van der Waals surface area (Å²) in [7, 11) is 0. The van der Waals surface area contributed by atoms with E-state index in [-0.39, 0.29) is 0 Å². The van der Waals surface area contributed by atoms with Crippen LogP contribution in [0.4, 0.5) is 0 Å². The molecule has 0 radical (unpaired) electrons. The summed E-state index contributed by atoms with van der Waals surface area (Å²) < 4.78 is 0. The van der Waals surface area contributed by atoms with Gasteiger partial charge in [-0.15, -0.1) is 0 Å². The number of hydrogen-bond donors (Lipinski definition) is 2. The first-order chi connectivity index (χ1) is 13.7. The molecule has 2 aromatic carbocycles. The van der Waals surface area contributed by atoms with E-state index in [9.17, 15) is 19.2 Å². The molecule has 0 aromatic heterocycles. The molecule has 2 aromatic rings. The Morgan fingerprint density at radius 1 is 0.621 bits per heavy atom. The molecule has 29 heavy (non-hydrogen) atoms. The SMILES string of the molecule is CC(C)C.CCC.O=C1NC(=O)c2cc(-c3ccc4c(c3)C(=O)NC4=O)ccc21. The number of rotatable bonds is 1. The predicted octanol–water partition coefficient (Wildman–Crippen LogP) is 4.20. The van der Waals surface area contributed by atoms with E-state index in [0.29, 0.717) is 33.4 Å². The smallest absolute Gasteiger partial charge is 0.258 e. The Balaban J connectivity index is 0.000000377. The highest BCUT2D eigenvalue weighted by Crippen LogP contribution is 2.28. The molecule has 4 rings (SSSR count). The van der Waals surface area contributed by atoms with Crippen LogP contribution in [0.15, 0.2) is 36.4 Å². The van der Waals surface area contributed by atoms with Gasteiger partial charge >= 0.3 is 0 Å². The predicted molar refractivity (Wildman–Crippen MR) is 112 cm³/mol. The molecular weight excluding hydrogens is 368 g/mol. The second-order valence-corrected chi connectivity index (χ2v) is 7.53. The van der Waals surface area contributed by atoms with Crippen molar-refractivity contribution >= 4 is 23.6 Å². The summed E-state index contributed by atoms with van der Waals surface area (Å²) >= 11 is 0. The van der Waals surface area contributed by atoms with E-state index in [0.717, 1.165) is 5.92 Å². The van der Waals surface area contributed by atoms with Gasteiger partial charge in [0.2, 0.25) is 0 Å². The summed E-state index contributed by atoms with van der Waals surface area (Å²) in [6.07, 6.45) is 1.25. The lowest BCUT2D eigenvalue weighted by molar-refractivity contribution is 0.0863. The van der Waals surface area contributed by atoms with Crippen LogP contribution in [0.3, 0.4) is 0 Å². The normalized spacial score (nSPS) is 13.6. The molecule has 0 atom stereocenters. The van der Waals surface area contributed by atoms with Crippen LogP contribution in [0.25, 0.3) is 11.1 Å². The number of amides is 4. The molecule has 2 N–H and O–H groups in total. The van der Waals surface area contributed by atoms with E-state index in [1.54, 1.807) is 36.4 Å². The fourth-order valence-corrected chi connectivity index (χ4v) is 2.69. The van der Waals surface area contributed by atoms with Crippen LogP contribution in [0.5, 0.6) is 0 Å². The molecule has 0 fully saturated rings. The highest BCUT2D eigenvalue weighted by Gasteiger charge is 2.28. The molecule has 0 unspecified atom stereocenters. The Bertz CT molecular complexity index is 899. The molecule has 0 saturated heterocycles. The summed E-state index contributed by atoms with van der Waals surface area (Å²) in [4.78, 5) is 46.5. The van der Waals surface area contributed by atoms with Crippen molar-refractivity contribution < 1.29 is 19.2 Å². The quantitative estimate of drug-likeness (QED) is 0.709. The van der Waals surface area contributed by atoms with Crippen LogP contribution in [0.2, 0.25) is 0 Å². The van der Waals surface area contributed by atoms with E-state index in [1.165, 1.54) is 6.42 Å². The Kier molecular flexibility index (Phi) is 7.04.